The van der Waals surface area contributed by atoms with Crippen LogP contribution in [-0.4, -0.2) is 5.78 Å². The summed E-state index contributed by atoms with van der Waals surface area (Å²) in [5.41, 5.74) is 25.3. The average molecular weight is 693 g/mol. The lowest BCUT2D eigenvalue weighted by atomic mass is 9.53. The summed E-state index contributed by atoms with van der Waals surface area (Å²) >= 11 is 0. The molecule has 2 fully saturated rings. The maximum absolute atomic E-state index is 14.1. The first-order chi connectivity index (χ1) is 27.2. The van der Waals surface area contributed by atoms with Crippen LogP contribution in [0, 0.1) is 35.0 Å². The fourth-order valence-corrected chi connectivity index (χ4v) is 18.7. The normalized spacial score (nSPS) is 35.6. The number of hydrogen-bond acceptors (Lipinski definition) is 1. The second-order valence-corrected chi connectivity index (χ2v) is 20.3. The monoisotopic (exact) mass is 692 g/mol. The molecule has 10 atom stereocenters. The van der Waals surface area contributed by atoms with Gasteiger partial charge < -0.3 is 0 Å². The van der Waals surface area contributed by atoms with Crippen molar-refractivity contribution in [1.82, 2.24) is 0 Å². The smallest absolute Gasteiger partial charge is 0.193 e. The van der Waals surface area contributed by atoms with Gasteiger partial charge in [0, 0.05) is 46.1 Å². The van der Waals surface area contributed by atoms with Gasteiger partial charge in [0.1, 0.15) is 0 Å². The maximum atomic E-state index is 14.1. The fourth-order valence-electron chi connectivity index (χ4n) is 18.7. The minimum Gasteiger partial charge on any atom is -0.289 e. The van der Waals surface area contributed by atoms with Crippen LogP contribution >= 0.6 is 0 Å². The second kappa shape index (κ2) is 6.62. The number of carbonyl (C=O) groups is 1. The van der Waals surface area contributed by atoms with Gasteiger partial charge in [-0.3, -0.25) is 4.79 Å². The molecule has 0 aliphatic heterocycles. The number of rotatable bonds is 1. The first-order valence-electron chi connectivity index (χ1n) is 21.2. The summed E-state index contributed by atoms with van der Waals surface area (Å²) in [5, 5.41) is 18.4. The molecular formula is C54H28O. The van der Waals surface area contributed by atoms with Crippen molar-refractivity contribution in [2.24, 2.45) is 35.0 Å². The molecule has 1 nitrogen and oxygen atoms in total. The predicted octanol–water partition coefficient (Wildman–Crippen LogP) is 11.0. The molecule has 8 aromatic carbocycles. The highest BCUT2D eigenvalue weighted by Gasteiger charge is 2.72. The third-order valence-corrected chi connectivity index (χ3v) is 19.5. The number of hydrogen-bond donors (Lipinski definition) is 0. The Morgan fingerprint density at radius 1 is 0.673 bits per heavy atom. The van der Waals surface area contributed by atoms with Gasteiger partial charge in [0.2, 0.25) is 0 Å². The summed E-state index contributed by atoms with van der Waals surface area (Å²) in [5.74, 6) is 5.14. The van der Waals surface area contributed by atoms with E-state index < -0.39 is 0 Å². The quantitative estimate of drug-likeness (QED) is 0.157. The lowest BCUT2D eigenvalue weighted by Crippen LogP contribution is -2.38. The number of ketones is 1. The van der Waals surface area contributed by atoms with Crippen LogP contribution in [0.25, 0.3) is 77.2 Å². The largest absolute Gasteiger partial charge is 0.289 e. The molecule has 2 saturated carbocycles. The molecule has 20 rings (SSSR count). The predicted molar refractivity (Wildman–Crippen MR) is 217 cm³/mol. The molecule has 0 saturated heterocycles. The summed E-state index contributed by atoms with van der Waals surface area (Å²) in [4.78, 5) is 14.1. The summed E-state index contributed by atoms with van der Waals surface area (Å²) in [6.45, 7) is 2.79. The zero-order chi connectivity index (χ0) is 34.3. The van der Waals surface area contributed by atoms with E-state index in [4.69, 9.17) is 0 Å². The van der Waals surface area contributed by atoms with Crippen molar-refractivity contribution in [3.05, 3.63) is 150 Å². The molecule has 0 aromatic heterocycles. The van der Waals surface area contributed by atoms with E-state index >= 15 is 0 Å². The fraction of sp³-hybridized carbons (Fsp3) is 0.241. The number of benzene rings is 5. The van der Waals surface area contributed by atoms with Crippen molar-refractivity contribution in [2.45, 2.75) is 42.9 Å². The van der Waals surface area contributed by atoms with Crippen LogP contribution < -0.4 is 5.22 Å². The minimum atomic E-state index is 0.148. The first kappa shape index (κ1) is 24.8. The highest BCUT2D eigenvalue weighted by Crippen LogP contribution is 2.84. The van der Waals surface area contributed by atoms with Gasteiger partial charge in [-0.1, -0.05) is 90.9 Å². The van der Waals surface area contributed by atoms with Gasteiger partial charge in [-0.15, -0.1) is 0 Å². The second-order valence-electron chi connectivity index (χ2n) is 20.3. The Labute approximate surface area is 314 Å². The zero-order valence-electron chi connectivity index (χ0n) is 29.9. The Morgan fingerprint density at radius 2 is 1.45 bits per heavy atom. The van der Waals surface area contributed by atoms with Crippen molar-refractivity contribution >= 4 is 82.9 Å². The third-order valence-electron chi connectivity index (χ3n) is 19.5. The summed E-state index contributed by atoms with van der Waals surface area (Å²) in [7, 11) is 0. The molecule has 12 aliphatic carbocycles. The van der Waals surface area contributed by atoms with Crippen LogP contribution in [0.15, 0.2) is 72.3 Å². The van der Waals surface area contributed by atoms with Gasteiger partial charge in [0.25, 0.3) is 0 Å². The average Bonchev–Trinajstić information content (AvgIpc) is 3.92. The first-order valence-corrected chi connectivity index (χ1v) is 21.2. The van der Waals surface area contributed by atoms with Crippen LogP contribution in [0.5, 0.6) is 0 Å². The molecule has 12 aliphatic rings. The summed E-state index contributed by atoms with van der Waals surface area (Å²) < 4.78 is 0. The van der Waals surface area contributed by atoms with Crippen LogP contribution in [-0.2, 0) is 0 Å². The van der Waals surface area contributed by atoms with E-state index in [0.717, 1.165) is 11.1 Å². The lowest BCUT2D eigenvalue weighted by molar-refractivity contribution is 0.103. The molecule has 0 N–H and O–H groups in total. The number of carbonyl (C=O) groups excluding carboxylic acids is 1. The Morgan fingerprint density at radius 3 is 2.31 bits per heavy atom. The van der Waals surface area contributed by atoms with E-state index in [1.54, 1.807) is 109 Å². The zero-order valence-corrected chi connectivity index (χ0v) is 29.9. The van der Waals surface area contributed by atoms with Crippen LogP contribution in [0.3, 0.4) is 0 Å². The minimum absolute atomic E-state index is 0.148. The van der Waals surface area contributed by atoms with E-state index in [1.807, 2.05) is 16.7 Å². The molecule has 0 amide bonds. The molecule has 250 valence electrons. The highest BCUT2D eigenvalue weighted by atomic mass is 16.1. The van der Waals surface area contributed by atoms with E-state index in [-0.39, 0.29) is 17.1 Å². The third kappa shape index (κ3) is 1.84. The highest BCUT2D eigenvalue weighted by molar-refractivity contribution is 6.43. The molecule has 1 heteroatoms. The van der Waals surface area contributed by atoms with Crippen molar-refractivity contribution in [2.75, 3.05) is 0 Å². The standard InChI is InChI=1S/C54H28O/c1-54-50-20-12-10-19-25-14-24-18-11-13-23-30-29(18)38-32(24)33(25)39(35(19)50)48-46(38)47-40(30)42-31(23)41-37(28-16-6-2-4-8-21(16)53(55)22-9-5-3-7-17(22)28)43(41)34-27-15-26(20)51(54)36(27)45(44(34)42)49(47)52(48)54/h2-14,18,20,26-28,37,41,43,50,52H,15H2,1H3. The Kier molecular flexibility index (Phi) is 2.98. The van der Waals surface area contributed by atoms with E-state index in [9.17, 15) is 4.79 Å². The van der Waals surface area contributed by atoms with Gasteiger partial charge in [-0.05, 0) is 168 Å². The van der Waals surface area contributed by atoms with E-state index in [0.29, 0.717) is 53.3 Å². The number of fused-ring (bicyclic) bond motifs is 10. The number of allylic oxidation sites excluding steroid dienone is 4. The van der Waals surface area contributed by atoms with Crippen molar-refractivity contribution < 1.29 is 4.79 Å². The van der Waals surface area contributed by atoms with E-state index in [2.05, 4.69) is 85.8 Å². The molecule has 0 radical (unpaired) electrons. The summed E-state index contributed by atoms with van der Waals surface area (Å²) in [6.07, 6.45) is 11.9. The van der Waals surface area contributed by atoms with Gasteiger partial charge in [-0.2, -0.15) is 0 Å². The van der Waals surface area contributed by atoms with Crippen molar-refractivity contribution in [3.8, 4) is 0 Å². The van der Waals surface area contributed by atoms with Gasteiger partial charge in [-0.25, -0.2) is 0 Å². The molecular weight excluding hydrogens is 665 g/mol. The van der Waals surface area contributed by atoms with E-state index in [1.165, 1.54) is 17.5 Å². The van der Waals surface area contributed by atoms with Crippen LogP contribution in [0.2, 0.25) is 0 Å². The van der Waals surface area contributed by atoms with Crippen molar-refractivity contribution in [3.63, 3.8) is 0 Å². The Hall–Kier alpha value is -5.53. The summed E-state index contributed by atoms with van der Waals surface area (Å²) in [6, 6.07) is 20.1. The van der Waals surface area contributed by atoms with Crippen LogP contribution in [0.1, 0.15) is 120 Å². The SMILES string of the molecule is CC12C3=C4c5c6c7c8c(c9c%10c%11c%12cc%13c(c8c8c%14c(c%15c(c5=C(C4CC3C(C=C%11)C%101)C1C%15C1C1c3ccccc3C(=O)c3ccccc31)c%147)C=CC8%13)c%129)C62. The molecule has 10 unspecified atom stereocenters. The lowest BCUT2D eigenvalue weighted by Gasteiger charge is -2.49. The van der Waals surface area contributed by atoms with Gasteiger partial charge in [0.15, 0.2) is 5.78 Å². The molecule has 0 spiro atoms. The molecule has 0 heterocycles. The molecule has 55 heavy (non-hydrogen) atoms. The molecule has 8 aromatic rings. The Bertz CT molecular complexity index is 3740. The van der Waals surface area contributed by atoms with Gasteiger partial charge >= 0.3 is 0 Å². The topological polar surface area (TPSA) is 17.1 Å². The molecule has 0 bridgehead atoms. The van der Waals surface area contributed by atoms with Crippen LogP contribution in [0.4, 0.5) is 0 Å². The van der Waals surface area contributed by atoms with Gasteiger partial charge in [0.05, 0.1) is 0 Å². The maximum Gasteiger partial charge on any atom is 0.193 e. The Balaban J connectivity index is 1.03. The van der Waals surface area contributed by atoms with Crippen molar-refractivity contribution in [1.29, 1.82) is 0 Å².